The zero-order chi connectivity index (χ0) is 29.6. The number of anilines is 1. The van der Waals surface area contributed by atoms with E-state index in [1.54, 1.807) is 13.0 Å². The number of nitrogens with one attached hydrogen (secondary N) is 2. The Bertz CT molecular complexity index is 1560. The third-order valence-corrected chi connectivity index (χ3v) is 7.85. The van der Waals surface area contributed by atoms with Gasteiger partial charge in [0.25, 0.3) is 5.91 Å². The number of fused-ring (bicyclic) bond motifs is 3. The Hall–Kier alpha value is -4.47. The van der Waals surface area contributed by atoms with Crippen LogP contribution in [-0.2, 0) is 20.9 Å². The SMILES string of the molecule is C[C@@H](OCc1ccccc1)[C@H](NC(=O)c1ccc(NC(=O)OCC2c3ccccc3-c3ccccc32)c(Br)c1)C(=O)O. The van der Waals surface area contributed by atoms with Crippen LogP contribution in [0.2, 0.25) is 0 Å². The lowest BCUT2D eigenvalue weighted by Crippen LogP contribution is -2.48. The van der Waals surface area contributed by atoms with E-state index in [0.717, 1.165) is 27.8 Å². The summed E-state index contributed by atoms with van der Waals surface area (Å²) in [5, 5.41) is 14.9. The van der Waals surface area contributed by atoms with Gasteiger partial charge in [-0.2, -0.15) is 0 Å². The molecular formula is C33H29BrN2O6. The van der Waals surface area contributed by atoms with Gasteiger partial charge in [0, 0.05) is 16.0 Å². The molecule has 0 heterocycles. The summed E-state index contributed by atoms with van der Waals surface area (Å²) >= 11 is 3.39. The van der Waals surface area contributed by atoms with Crippen molar-refractivity contribution in [2.75, 3.05) is 11.9 Å². The van der Waals surface area contributed by atoms with Gasteiger partial charge in [0.1, 0.15) is 6.61 Å². The molecule has 0 fully saturated rings. The molecule has 0 bridgehead atoms. The van der Waals surface area contributed by atoms with E-state index in [1.165, 1.54) is 12.1 Å². The normalized spacial score (nSPS) is 13.4. The van der Waals surface area contributed by atoms with E-state index >= 15 is 0 Å². The van der Waals surface area contributed by atoms with E-state index < -0.39 is 30.1 Å². The van der Waals surface area contributed by atoms with Crippen LogP contribution in [0.5, 0.6) is 0 Å². The van der Waals surface area contributed by atoms with Crippen LogP contribution in [0.1, 0.15) is 39.9 Å². The van der Waals surface area contributed by atoms with Crippen molar-refractivity contribution in [2.45, 2.75) is 31.6 Å². The molecule has 1 aliphatic carbocycles. The second-order valence-electron chi connectivity index (χ2n) is 9.94. The summed E-state index contributed by atoms with van der Waals surface area (Å²) in [5.41, 5.74) is 6.01. The van der Waals surface area contributed by atoms with Gasteiger partial charge in [-0.15, -0.1) is 0 Å². The van der Waals surface area contributed by atoms with Crippen molar-refractivity contribution in [2.24, 2.45) is 0 Å². The number of carboxylic acids is 1. The molecule has 42 heavy (non-hydrogen) atoms. The summed E-state index contributed by atoms with van der Waals surface area (Å²) in [6.45, 7) is 1.97. The van der Waals surface area contributed by atoms with Crippen molar-refractivity contribution < 1.29 is 29.0 Å². The maximum Gasteiger partial charge on any atom is 0.411 e. The van der Waals surface area contributed by atoms with Gasteiger partial charge in [-0.25, -0.2) is 9.59 Å². The first-order valence-electron chi connectivity index (χ1n) is 13.4. The fourth-order valence-electron chi connectivity index (χ4n) is 5.00. The maximum absolute atomic E-state index is 12.9. The number of carboxylic acid groups (broad SMARTS) is 1. The lowest BCUT2D eigenvalue weighted by molar-refractivity contribution is -0.143. The average Bonchev–Trinajstić information content (AvgIpc) is 3.32. The predicted octanol–water partition coefficient (Wildman–Crippen LogP) is 6.60. The number of carbonyl (C=O) groups is 3. The fraction of sp³-hybridized carbons (Fsp3) is 0.182. The Kier molecular flexibility index (Phi) is 9.00. The average molecular weight is 630 g/mol. The largest absolute Gasteiger partial charge is 0.480 e. The van der Waals surface area contributed by atoms with Crippen LogP contribution in [-0.4, -0.2) is 41.8 Å². The number of carbonyl (C=O) groups excluding carboxylic acids is 2. The second-order valence-corrected chi connectivity index (χ2v) is 10.8. The summed E-state index contributed by atoms with van der Waals surface area (Å²) in [6, 6.07) is 28.8. The molecule has 0 spiro atoms. The number of halogens is 1. The number of amides is 2. The highest BCUT2D eigenvalue weighted by Crippen LogP contribution is 2.44. The smallest absolute Gasteiger partial charge is 0.411 e. The molecule has 5 rings (SSSR count). The Morgan fingerprint density at radius 1 is 0.881 bits per heavy atom. The van der Waals surface area contributed by atoms with E-state index in [4.69, 9.17) is 9.47 Å². The first-order valence-corrected chi connectivity index (χ1v) is 14.2. The molecule has 4 aromatic carbocycles. The molecule has 0 aromatic heterocycles. The lowest BCUT2D eigenvalue weighted by Gasteiger charge is -2.22. The summed E-state index contributed by atoms with van der Waals surface area (Å²) in [6.07, 6.45) is -1.42. The minimum atomic E-state index is -1.27. The maximum atomic E-state index is 12.9. The summed E-state index contributed by atoms with van der Waals surface area (Å²) < 4.78 is 11.7. The summed E-state index contributed by atoms with van der Waals surface area (Å²) in [5.74, 6) is -1.87. The topological polar surface area (TPSA) is 114 Å². The molecule has 0 unspecified atom stereocenters. The molecule has 0 saturated heterocycles. The van der Waals surface area contributed by atoms with E-state index in [2.05, 4.69) is 38.7 Å². The van der Waals surface area contributed by atoms with E-state index in [9.17, 15) is 19.5 Å². The van der Waals surface area contributed by atoms with Crippen LogP contribution in [0.3, 0.4) is 0 Å². The van der Waals surface area contributed by atoms with Crippen LogP contribution in [0.4, 0.5) is 10.5 Å². The highest BCUT2D eigenvalue weighted by Gasteiger charge is 2.30. The Morgan fingerprint density at radius 3 is 2.12 bits per heavy atom. The number of benzene rings is 4. The summed E-state index contributed by atoms with van der Waals surface area (Å²) in [7, 11) is 0. The molecule has 8 nitrogen and oxygen atoms in total. The van der Waals surface area contributed by atoms with Gasteiger partial charge in [0.05, 0.1) is 18.4 Å². The van der Waals surface area contributed by atoms with Gasteiger partial charge in [0.15, 0.2) is 6.04 Å². The number of rotatable bonds is 10. The first-order chi connectivity index (χ1) is 20.3. The highest BCUT2D eigenvalue weighted by atomic mass is 79.9. The van der Waals surface area contributed by atoms with Crippen molar-refractivity contribution in [3.63, 3.8) is 0 Å². The van der Waals surface area contributed by atoms with Crippen molar-refractivity contribution in [3.8, 4) is 11.1 Å². The third kappa shape index (κ3) is 6.53. The van der Waals surface area contributed by atoms with Crippen molar-refractivity contribution in [3.05, 3.63) is 124 Å². The zero-order valence-electron chi connectivity index (χ0n) is 22.8. The van der Waals surface area contributed by atoms with Gasteiger partial charge in [0.2, 0.25) is 0 Å². The van der Waals surface area contributed by atoms with Gasteiger partial charge in [-0.1, -0.05) is 78.9 Å². The minimum Gasteiger partial charge on any atom is -0.480 e. The fourth-order valence-corrected chi connectivity index (χ4v) is 5.48. The molecule has 4 aromatic rings. The van der Waals surface area contributed by atoms with Gasteiger partial charge in [-0.05, 0) is 68.9 Å². The van der Waals surface area contributed by atoms with Gasteiger partial charge < -0.3 is 19.9 Å². The van der Waals surface area contributed by atoms with Gasteiger partial charge in [-0.3, -0.25) is 10.1 Å². The van der Waals surface area contributed by atoms with E-state index in [-0.39, 0.29) is 24.7 Å². The van der Waals surface area contributed by atoms with Crippen LogP contribution in [0.25, 0.3) is 11.1 Å². The summed E-state index contributed by atoms with van der Waals surface area (Å²) in [4.78, 5) is 37.5. The van der Waals surface area contributed by atoms with Crippen LogP contribution in [0.15, 0.2) is 102 Å². The molecule has 2 amide bonds. The van der Waals surface area contributed by atoms with Crippen LogP contribution >= 0.6 is 15.9 Å². The van der Waals surface area contributed by atoms with Gasteiger partial charge >= 0.3 is 12.1 Å². The predicted molar refractivity (Wildman–Crippen MR) is 162 cm³/mol. The molecule has 0 aliphatic heterocycles. The Balaban J connectivity index is 1.18. The first kappa shape index (κ1) is 29.0. The lowest BCUT2D eigenvalue weighted by atomic mass is 9.98. The molecule has 3 N–H and O–H groups in total. The standard InChI is InChI=1S/C33H29BrN2O6/c1-20(41-18-21-9-3-2-4-10-21)30(32(38)39)36-31(37)22-15-16-29(28(34)17-22)35-33(40)42-19-27-25-13-7-5-11-23(25)24-12-6-8-14-26(24)27/h2-17,20,27,30H,18-19H2,1H3,(H,35,40)(H,36,37)(H,38,39)/t20-,30+/m1/s1. The molecule has 0 saturated carbocycles. The third-order valence-electron chi connectivity index (χ3n) is 7.19. The molecule has 9 heteroatoms. The Morgan fingerprint density at radius 2 is 1.50 bits per heavy atom. The number of aliphatic carboxylic acids is 1. The minimum absolute atomic E-state index is 0.0705. The van der Waals surface area contributed by atoms with Crippen LogP contribution < -0.4 is 10.6 Å². The number of hydrogen-bond donors (Lipinski definition) is 3. The second kappa shape index (κ2) is 13.0. The molecule has 214 valence electrons. The van der Waals surface area contributed by atoms with Crippen molar-refractivity contribution in [1.82, 2.24) is 5.32 Å². The monoisotopic (exact) mass is 628 g/mol. The zero-order valence-corrected chi connectivity index (χ0v) is 24.3. The molecule has 1 aliphatic rings. The van der Waals surface area contributed by atoms with Crippen molar-refractivity contribution in [1.29, 1.82) is 0 Å². The Labute approximate surface area is 251 Å². The van der Waals surface area contributed by atoms with Crippen LogP contribution in [0, 0.1) is 0 Å². The molecular weight excluding hydrogens is 600 g/mol. The van der Waals surface area contributed by atoms with Crippen molar-refractivity contribution >= 4 is 39.6 Å². The highest BCUT2D eigenvalue weighted by molar-refractivity contribution is 9.10. The number of hydrogen-bond acceptors (Lipinski definition) is 5. The molecule has 0 radical (unpaired) electrons. The van der Waals surface area contributed by atoms with E-state index in [1.807, 2.05) is 66.7 Å². The number of ether oxygens (including phenoxy) is 2. The van der Waals surface area contributed by atoms with E-state index in [0.29, 0.717) is 10.2 Å². The quantitative estimate of drug-likeness (QED) is 0.182. The molecule has 2 atom stereocenters.